The monoisotopic (exact) mass is 453 g/mol. The van der Waals surface area contributed by atoms with E-state index in [2.05, 4.69) is 38.8 Å². The van der Waals surface area contributed by atoms with Crippen LogP contribution in [-0.4, -0.2) is 46.9 Å². The molecule has 1 unspecified atom stereocenters. The summed E-state index contributed by atoms with van der Waals surface area (Å²) in [5, 5.41) is 13.2. The summed E-state index contributed by atoms with van der Waals surface area (Å²) in [5.74, 6) is 0.564. The van der Waals surface area contributed by atoms with Crippen molar-refractivity contribution in [2.45, 2.75) is 57.0 Å². The van der Waals surface area contributed by atoms with Crippen molar-refractivity contribution in [2.75, 3.05) is 22.4 Å². The summed E-state index contributed by atoms with van der Waals surface area (Å²) >= 11 is 1.41. The largest absolute Gasteiger partial charge is 0.394 e. The SMILES string of the molecule is CCCS(=O)(=O)Nc1nc(N[C@@H](CO)CC(C)C)nc(SC(C)c2ccccc2)n1. The van der Waals surface area contributed by atoms with Gasteiger partial charge in [-0.1, -0.05) is 62.9 Å². The minimum absolute atomic E-state index is 0.0169. The lowest BCUT2D eigenvalue weighted by molar-refractivity contribution is 0.259. The molecule has 3 N–H and O–H groups in total. The van der Waals surface area contributed by atoms with Crippen LogP contribution >= 0.6 is 11.8 Å². The third-order valence-corrected chi connectivity index (χ3v) is 6.65. The quantitative estimate of drug-likeness (QED) is 0.417. The molecule has 0 saturated heterocycles. The fourth-order valence-corrected chi connectivity index (χ4v) is 4.76. The Labute approximate surface area is 183 Å². The van der Waals surface area contributed by atoms with Gasteiger partial charge in [0.15, 0.2) is 5.16 Å². The summed E-state index contributed by atoms with van der Waals surface area (Å²) in [4.78, 5) is 13.0. The van der Waals surface area contributed by atoms with Crippen LogP contribution in [0.5, 0.6) is 0 Å². The maximum absolute atomic E-state index is 12.2. The molecule has 2 rings (SSSR count). The van der Waals surface area contributed by atoms with Crippen LogP contribution in [0.2, 0.25) is 0 Å². The first-order chi connectivity index (χ1) is 14.2. The zero-order valence-electron chi connectivity index (χ0n) is 17.9. The van der Waals surface area contributed by atoms with Crippen LogP contribution in [0.4, 0.5) is 11.9 Å². The van der Waals surface area contributed by atoms with Gasteiger partial charge in [0, 0.05) is 5.25 Å². The first kappa shape index (κ1) is 24.4. The van der Waals surface area contributed by atoms with Gasteiger partial charge < -0.3 is 10.4 Å². The van der Waals surface area contributed by atoms with E-state index >= 15 is 0 Å². The second-order valence-electron chi connectivity index (χ2n) is 7.51. The molecule has 10 heteroatoms. The lowest BCUT2D eigenvalue weighted by Gasteiger charge is -2.19. The second-order valence-corrected chi connectivity index (χ2v) is 10.7. The molecule has 2 aromatic rings. The van der Waals surface area contributed by atoms with Gasteiger partial charge in [-0.25, -0.2) is 8.42 Å². The topological polar surface area (TPSA) is 117 Å². The Balaban J connectivity index is 2.31. The van der Waals surface area contributed by atoms with E-state index in [1.165, 1.54) is 11.8 Å². The van der Waals surface area contributed by atoms with Crippen molar-refractivity contribution in [2.24, 2.45) is 5.92 Å². The summed E-state index contributed by atoms with van der Waals surface area (Å²) in [6.07, 6.45) is 1.21. The van der Waals surface area contributed by atoms with Crippen molar-refractivity contribution in [3.63, 3.8) is 0 Å². The van der Waals surface area contributed by atoms with E-state index in [9.17, 15) is 13.5 Å². The molecule has 30 heavy (non-hydrogen) atoms. The molecule has 166 valence electrons. The van der Waals surface area contributed by atoms with Gasteiger partial charge in [0.25, 0.3) is 0 Å². The van der Waals surface area contributed by atoms with Crippen LogP contribution < -0.4 is 10.0 Å². The van der Waals surface area contributed by atoms with Gasteiger partial charge in [-0.15, -0.1) is 0 Å². The zero-order chi connectivity index (χ0) is 22.1. The Hall–Kier alpha value is -1.91. The summed E-state index contributed by atoms with van der Waals surface area (Å²) in [6.45, 7) is 7.87. The maximum atomic E-state index is 12.2. The fraction of sp³-hybridized carbons (Fsp3) is 0.550. The minimum Gasteiger partial charge on any atom is -0.394 e. The lowest BCUT2D eigenvalue weighted by Crippen LogP contribution is -2.27. The molecule has 1 heterocycles. The van der Waals surface area contributed by atoms with Gasteiger partial charge in [-0.05, 0) is 31.2 Å². The van der Waals surface area contributed by atoms with Gasteiger partial charge >= 0.3 is 0 Å². The van der Waals surface area contributed by atoms with Crippen molar-refractivity contribution in [3.8, 4) is 0 Å². The second kappa shape index (κ2) is 11.5. The van der Waals surface area contributed by atoms with Crippen molar-refractivity contribution in [3.05, 3.63) is 35.9 Å². The maximum Gasteiger partial charge on any atom is 0.242 e. The number of hydrogen-bond donors (Lipinski definition) is 3. The van der Waals surface area contributed by atoms with Crippen LogP contribution in [-0.2, 0) is 10.0 Å². The molecule has 0 aliphatic rings. The standard InChI is InChI=1S/C20H31N5O3S2/c1-5-11-30(27,28)25-19-22-18(21-17(13-26)12-14(2)3)23-20(24-19)29-15(4)16-9-7-6-8-10-16/h6-10,14-15,17,26H,5,11-13H2,1-4H3,(H2,21,22,23,24,25)/t15?,17-/m1/s1. The number of nitrogens with zero attached hydrogens (tertiary/aromatic N) is 3. The predicted molar refractivity (Wildman–Crippen MR) is 122 cm³/mol. The number of rotatable bonds is 12. The molecular weight excluding hydrogens is 422 g/mol. The minimum atomic E-state index is -3.54. The predicted octanol–water partition coefficient (Wildman–Crippen LogP) is 3.70. The van der Waals surface area contributed by atoms with Crippen molar-refractivity contribution in [1.29, 1.82) is 0 Å². The van der Waals surface area contributed by atoms with Crippen molar-refractivity contribution in [1.82, 2.24) is 15.0 Å². The third-order valence-electron chi connectivity index (χ3n) is 4.20. The number of aromatic nitrogens is 3. The summed E-state index contributed by atoms with van der Waals surface area (Å²) < 4.78 is 26.9. The lowest BCUT2D eigenvalue weighted by atomic mass is 10.0. The fourth-order valence-electron chi connectivity index (χ4n) is 2.86. The molecule has 0 bridgehead atoms. The first-order valence-corrected chi connectivity index (χ1v) is 12.6. The highest BCUT2D eigenvalue weighted by atomic mass is 32.2. The number of aliphatic hydroxyl groups is 1. The van der Waals surface area contributed by atoms with E-state index in [1.807, 2.05) is 37.3 Å². The number of sulfonamides is 1. The third kappa shape index (κ3) is 8.08. The molecule has 1 aromatic heterocycles. The molecule has 2 atom stereocenters. The Bertz CT molecular complexity index is 895. The molecule has 8 nitrogen and oxygen atoms in total. The van der Waals surface area contributed by atoms with E-state index in [-0.39, 0.29) is 35.5 Å². The Morgan fingerprint density at radius 2 is 1.73 bits per heavy atom. The molecule has 0 fully saturated rings. The highest BCUT2D eigenvalue weighted by molar-refractivity contribution is 7.99. The van der Waals surface area contributed by atoms with E-state index in [4.69, 9.17) is 0 Å². The number of thioether (sulfide) groups is 1. The van der Waals surface area contributed by atoms with E-state index in [0.717, 1.165) is 12.0 Å². The molecule has 0 saturated carbocycles. The van der Waals surface area contributed by atoms with Crippen LogP contribution in [0.1, 0.15) is 51.3 Å². The Morgan fingerprint density at radius 3 is 2.33 bits per heavy atom. The number of anilines is 2. The molecule has 0 spiro atoms. The number of nitrogens with one attached hydrogen (secondary N) is 2. The molecule has 0 amide bonds. The Kier molecular flexibility index (Phi) is 9.32. The van der Waals surface area contributed by atoms with E-state index in [1.54, 1.807) is 6.92 Å². The molecule has 0 aliphatic carbocycles. The normalized spacial score (nSPS) is 13.8. The number of benzene rings is 1. The van der Waals surface area contributed by atoms with Gasteiger partial charge in [0.2, 0.25) is 21.9 Å². The van der Waals surface area contributed by atoms with Crippen molar-refractivity contribution < 1.29 is 13.5 Å². The number of aliphatic hydroxyl groups excluding tert-OH is 1. The zero-order valence-corrected chi connectivity index (χ0v) is 19.5. The molecular formula is C20H31N5O3S2. The first-order valence-electron chi connectivity index (χ1n) is 10.1. The van der Waals surface area contributed by atoms with Crippen LogP contribution in [0, 0.1) is 5.92 Å². The summed E-state index contributed by atoms with van der Waals surface area (Å²) in [6, 6.07) is 9.69. The van der Waals surface area contributed by atoms with Crippen LogP contribution in [0.15, 0.2) is 35.5 Å². The van der Waals surface area contributed by atoms with E-state index < -0.39 is 10.0 Å². The van der Waals surface area contributed by atoms with Gasteiger partial charge in [-0.3, -0.25) is 4.72 Å². The van der Waals surface area contributed by atoms with Gasteiger partial charge in [0.1, 0.15) is 0 Å². The van der Waals surface area contributed by atoms with Crippen molar-refractivity contribution >= 4 is 33.7 Å². The van der Waals surface area contributed by atoms with Crippen LogP contribution in [0.25, 0.3) is 0 Å². The van der Waals surface area contributed by atoms with Gasteiger partial charge in [0.05, 0.1) is 18.4 Å². The number of hydrogen-bond acceptors (Lipinski definition) is 8. The molecule has 1 aromatic carbocycles. The highest BCUT2D eigenvalue weighted by Crippen LogP contribution is 2.33. The summed E-state index contributed by atoms with van der Waals surface area (Å²) in [5.41, 5.74) is 1.11. The Morgan fingerprint density at radius 1 is 1.07 bits per heavy atom. The summed E-state index contributed by atoms with van der Waals surface area (Å²) in [7, 11) is -3.54. The smallest absolute Gasteiger partial charge is 0.242 e. The average Bonchev–Trinajstić information content (AvgIpc) is 2.67. The molecule has 0 aliphatic heterocycles. The van der Waals surface area contributed by atoms with Crippen LogP contribution in [0.3, 0.4) is 0 Å². The van der Waals surface area contributed by atoms with Gasteiger partial charge in [-0.2, -0.15) is 15.0 Å². The average molecular weight is 454 g/mol. The molecule has 0 radical (unpaired) electrons. The van der Waals surface area contributed by atoms with E-state index in [0.29, 0.717) is 17.5 Å². The highest BCUT2D eigenvalue weighted by Gasteiger charge is 2.18.